The zero-order valence-electron chi connectivity index (χ0n) is 17.8. The molecule has 0 spiro atoms. The second-order valence-electron chi connectivity index (χ2n) is 10.6. The molecule has 27 heavy (non-hydrogen) atoms. The van der Waals surface area contributed by atoms with Gasteiger partial charge in [0, 0.05) is 19.8 Å². The summed E-state index contributed by atoms with van der Waals surface area (Å²) in [5, 5.41) is 8.88. The lowest BCUT2D eigenvalue weighted by atomic mass is 9.47. The minimum atomic E-state index is 0.295. The third kappa shape index (κ3) is 3.54. The first-order chi connectivity index (χ1) is 13.1. The van der Waals surface area contributed by atoms with Crippen molar-refractivity contribution in [3.05, 3.63) is 11.6 Å². The van der Waals surface area contributed by atoms with Crippen LogP contribution < -0.4 is 0 Å². The fourth-order valence-electron chi connectivity index (χ4n) is 7.92. The Bertz CT molecular complexity index is 540. The molecule has 0 aromatic heterocycles. The fraction of sp³-hybridized carbons (Fsp3) is 0.920. The number of hydrogen-bond donors (Lipinski definition) is 1. The minimum Gasteiger partial charge on any atom is -0.396 e. The van der Waals surface area contributed by atoms with Crippen LogP contribution in [0.25, 0.3) is 0 Å². The number of rotatable bonds is 7. The van der Waals surface area contributed by atoms with Crippen LogP contribution in [0.2, 0.25) is 0 Å². The molecule has 1 N–H and O–H groups in total. The van der Waals surface area contributed by atoms with Crippen LogP contribution >= 0.6 is 0 Å². The van der Waals surface area contributed by atoms with Crippen LogP contribution in [-0.4, -0.2) is 24.9 Å². The van der Waals surface area contributed by atoms with Gasteiger partial charge in [-0.3, -0.25) is 0 Å². The maximum Gasteiger partial charge on any atom is 0.0468 e. The number of fused-ring (bicyclic) bond motifs is 5. The molecule has 0 amide bonds. The first-order valence-electron chi connectivity index (χ1n) is 12.0. The van der Waals surface area contributed by atoms with Gasteiger partial charge in [0.2, 0.25) is 0 Å². The van der Waals surface area contributed by atoms with E-state index in [9.17, 15) is 0 Å². The topological polar surface area (TPSA) is 29.5 Å². The van der Waals surface area contributed by atoms with Gasteiger partial charge in [0.25, 0.3) is 0 Å². The van der Waals surface area contributed by atoms with Crippen molar-refractivity contribution in [3.63, 3.8) is 0 Å². The smallest absolute Gasteiger partial charge is 0.0468 e. The largest absolute Gasteiger partial charge is 0.396 e. The van der Waals surface area contributed by atoms with Gasteiger partial charge >= 0.3 is 0 Å². The van der Waals surface area contributed by atoms with Gasteiger partial charge < -0.3 is 9.84 Å². The summed E-state index contributed by atoms with van der Waals surface area (Å²) in [6, 6.07) is 0. The van der Waals surface area contributed by atoms with Crippen molar-refractivity contribution < 1.29 is 9.84 Å². The molecule has 4 rings (SSSR count). The van der Waals surface area contributed by atoms with E-state index < -0.39 is 0 Å². The van der Waals surface area contributed by atoms with Gasteiger partial charge in [-0.15, -0.1) is 0 Å². The second kappa shape index (κ2) is 8.19. The molecule has 2 heteroatoms. The third-order valence-electron chi connectivity index (χ3n) is 9.52. The van der Waals surface area contributed by atoms with E-state index in [1.54, 1.807) is 0 Å². The maximum absolute atomic E-state index is 8.88. The van der Waals surface area contributed by atoms with Crippen LogP contribution in [0.5, 0.6) is 0 Å². The van der Waals surface area contributed by atoms with E-state index in [1.165, 1.54) is 64.2 Å². The van der Waals surface area contributed by atoms with Crippen LogP contribution in [0, 0.1) is 34.5 Å². The number of unbranched alkanes of at least 4 members (excludes halogenated alkanes) is 1. The van der Waals surface area contributed by atoms with Gasteiger partial charge in [-0.05, 0) is 105 Å². The lowest BCUT2D eigenvalue weighted by molar-refractivity contribution is -0.0458. The summed E-state index contributed by atoms with van der Waals surface area (Å²) < 4.78 is 5.90. The zero-order chi connectivity index (χ0) is 18.9. The number of aliphatic hydroxyl groups is 1. The molecule has 0 bridgehead atoms. The predicted octanol–water partition coefficient (Wildman–Crippen LogP) is 6.13. The van der Waals surface area contributed by atoms with E-state index in [2.05, 4.69) is 19.9 Å². The van der Waals surface area contributed by atoms with Crippen molar-refractivity contribution in [2.24, 2.45) is 34.5 Å². The molecular formula is C25H42O2. The van der Waals surface area contributed by atoms with Crippen LogP contribution in [0.1, 0.15) is 90.9 Å². The molecule has 0 aromatic rings. The van der Waals surface area contributed by atoms with Gasteiger partial charge in [-0.1, -0.05) is 31.9 Å². The molecule has 0 aromatic carbocycles. The Balaban J connectivity index is 1.39. The summed E-state index contributed by atoms with van der Waals surface area (Å²) in [4.78, 5) is 0. The van der Waals surface area contributed by atoms with Gasteiger partial charge in [-0.25, -0.2) is 0 Å². The summed E-state index contributed by atoms with van der Waals surface area (Å²) in [5.74, 6) is 3.73. The molecule has 0 radical (unpaired) electrons. The van der Waals surface area contributed by atoms with Crippen molar-refractivity contribution >= 4 is 0 Å². The molecule has 4 aliphatic carbocycles. The van der Waals surface area contributed by atoms with E-state index >= 15 is 0 Å². The van der Waals surface area contributed by atoms with Crippen molar-refractivity contribution in [1.82, 2.24) is 0 Å². The summed E-state index contributed by atoms with van der Waals surface area (Å²) in [7, 11) is 0. The molecule has 3 fully saturated rings. The molecule has 0 saturated heterocycles. The highest BCUT2D eigenvalue weighted by atomic mass is 16.5. The van der Waals surface area contributed by atoms with E-state index in [1.807, 2.05) is 5.57 Å². The number of aliphatic hydroxyl groups excluding tert-OH is 1. The first kappa shape index (κ1) is 20.0. The molecule has 6 atom stereocenters. The normalized spacial score (nSPS) is 43.6. The van der Waals surface area contributed by atoms with Crippen LogP contribution in [-0.2, 0) is 4.74 Å². The third-order valence-corrected chi connectivity index (χ3v) is 9.52. The second-order valence-corrected chi connectivity index (χ2v) is 10.6. The van der Waals surface area contributed by atoms with E-state index in [4.69, 9.17) is 9.84 Å². The van der Waals surface area contributed by atoms with Crippen molar-refractivity contribution in [2.45, 2.75) is 90.9 Å². The average molecular weight is 375 g/mol. The number of ether oxygens (including phenoxy) is 1. The van der Waals surface area contributed by atoms with Gasteiger partial charge in [0.05, 0.1) is 0 Å². The summed E-state index contributed by atoms with van der Waals surface area (Å²) in [6.45, 7) is 7.31. The molecule has 0 heterocycles. The summed E-state index contributed by atoms with van der Waals surface area (Å²) in [6.07, 6.45) is 18.7. The summed E-state index contributed by atoms with van der Waals surface area (Å²) in [5.41, 5.74) is 2.94. The summed E-state index contributed by atoms with van der Waals surface area (Å²) >= 11 is 0. The lowest BCUT2D eigenvalue weighted by Gasteiger charge is -2.57. The Hall–Kier alpha value is -0.340. The fourth-order valence-corrected chi connectivity index (χ4v) is 7.92. The standard InChI is InChI=1S/C25H42O2/c1-24-14-4-3-7-19(24)8-10-21-22-11-9-20(13-18-27-17-6-5-16-26)25(22,2)15-12-23(21)24/h8,20-23,26H,3-7,9-18H2,1-2H3/t20-,21+,22+,23+,24+,25-/m1/s1. The maximum atomic E-state index is 8.88. The predicted molar refractivity (Wildman–Crippen MR) is 112 cm³/mol. The Kier molecular flexibility index (Phi) is 6.05. The van der Waals surface area contributed by atoms with Crippen LogP contribution in [0.15, 0.2) is 11.6 Å². The highest BCUT2D eigenvalue weighted by molar-refractivity contribution is 5.24. The van der Waals surface area contributed by atoms with Crippen molar-refractivity contribution in [1.29, 1.82) is 0 Å². The van der Waals surface area contributed by atoms with Gasteiger partial charge in [0.1, 0.15) is 0 Å². The van der Waals surface area contributed by atoms with E-state index in [0.717, 1.165) is 49.7 Å². The van der Waals surface area contributed by atoms with Crippen molar-refractivity contribution in [3.8, 4) is 0 Å². The van der Waals surface area contributed by atoms with Crippen LogP contribution in [0.3, 0.4) is 0 Å². The Morgan fingerprint density at radius 3 is 2.78 bits per heavy atom. The zero-order valence-corrected chi connectivity index (χ0v) is 17.8. The SMILES string of the molecule is C[C@]12CC[C@H]3[C@@H](CC=C4CCCC[C@@]43C)[C@@H]1CC[C@@H]2CCOCCCCO. The van der Waals surface area contributed by atoms with Gasteiger partial charge in [0.15, 0.2) is 0 Å². The minimum absolute atomic E-state index is 0.295. The highest BCUT2D eigenvalue weighted by Crippen LogP contribution is 2.66. The van der Waals surface area contributed by atoms with E-state index in [-0.39, 0.29) is 0 Å². The van der Waals surface area contributed by atoms with Crippen LogP contribution in [0.4, 0.5) is 0 Å². The Morgan fingerprint density at radius 1 is 1.04 bits per heavy atom. The molecule has 3 saturated carbocycles. The Labute approximate surface area is 167 Å². The molecule has 154 valence electrons. The lowest BCUT2D eigenvalue weighted by Crippen LogP contribution is -2.49. The van der Waals surface area contributed by atoms with Crippen molar-refractivity contribution in [2.75, 3.05) is 19.8 Å². The molecular weight excluding hydrogens is 332 g/mol. The average Bonchev–Trinajstić information content (AvgIpc) is 3.00. The quantitative estimate of drug-likeness (QED) is 0.429. The van der Waals surface area contributed by atoms with E-state index in [0.29, 0.717) is 17.4 Å². The Morgan fingerprint density at radius 2 is 1.93 bits per heavy atom. The number of allylic oxidation sites excluding steroid dienone is 2. The number of hydrogen-bond acceptors (Lipinski definition) is 2. The molecule has 2 nitrogen and oxygen atoms in total. The molecule has 0 unspecified atom stereocenters. The molecule has 4 aliphatic rings. The monoisotopic (exact) mass is 374 g/mol. The molecule has 0 aliphatic heterocycles. The van der Waals surface area contributed by atoms with Gasteiger partial charge in [-0.2, -0.15) is 0 Å². The first-order valence-corrected chi connectivity index (χ1v) is 12.0. The highest BCUT2D eigenvalue weighted by Gasteiger charge is 2.57.